The van der Waals surface area contributed by atoms with Crippen molar-refractivity contribution >= 4 is 28.9 Å². The van der Waals surface area contributed by atoms with Crippen molar-refractivity contribution in [1.29, 1.82) is 0 Å². The summed E-state index contributed by atoms with van der Waals surface area (Å²) < 4.78 is 61.2. The van der Waals surface area contributed by atoms with Crippen LogP contribution in [-0.4, -0.2) is 18.8 Å². The van der Waals surface area contributed by atoms with Gasteiger partial charge in [0.15, 0.2) is 0 Å². The van der Waals surface area contributed by atoms with E-state index in [1.807, 2.05) is 6.55 Å². The van der Waals surface area contributed by atoms with Crippen LogP contribution in [0, 0.1) is 0 Å². The molecule has 0 bridgehead atoms. The van der Waals surface area contributed by atoms with Crippen LogP contribution in [-0.2, 0) is 0 Å². The second-order valence-electron chi connectivity index (χ2n) is 6.66. The minimum absolute atomic E-state index is 0.0735. The average molecular weight is 415 g/mol. The number of hydrogen-bond donors (Lipinski definition) is 0. The third-order valence-corrected chi connectivity index (χ3v) is 6.39. The monoisotopic (exact) mass is 414 g/mol. The molecule has 0 aromatic heterocycles. The fraction of sp³-hybridized carbons (Fsp3) is 1.00. The topological polar surface area (TPSA) is 0 Å². The van der Waals surface area contributed by atoms with E-state index in [-0.39, 0.29) is 6.42 Å². The van der Waals surface area contributed by atoms with Crippen LogP contribution in [0.2, 0.25) is 12.6 Å². The first-order valence-corrected chi connectivity index (χ1v) is 13.5. The highest BCUT2D eigenvalue weighted by atomic mass is 35.7. The SMILES string of the molecule is C[Si](Cl)(Cl)CCCCCCCCCCCCCC(F)(F)C(F)(F)F. The lowest BCUT2D eigenvalue weighted by Crippen LogP contribution is -2.36. The standard InChI is InChI=1S/C16H29Cl2F5Si/c1-24(17,18)14-12-10-8-6-4-2-3-5-7-9-11-13-15(19,20)16(21,22)23/h2-14H2,1H3. The summed E-state index contributed by atoms with van der Waals surface area (Å²) in [5.41, 5.74) is 0. The molecule has 0 N–H and O–H groups in total. The predicted octanol–water partition coefficient (Wildman–Crippen LogP) is 8.41. The zero-order valence-electron chi connectivity index (χ0n) is 14.3. The highest BCUT2D eigenvalue weighted by Gasteiger charge is 2.56. The van der Waals surface area contributed by atoms with Crippen molar-refractivity contribution in [2.45, 2.75) is 102 Å². The number of hydrogen-bond acceptors (Lipinski definition) is 0. The van der Waals surface area contributed by atoms with Crippen LogP contribution in [0.3, 0.4) is 0 Å². The van der Waals surface area contributed by atoms with Crippen LogP contribution < -0.4 is 0 Å². The Kier molecular flexibility index (Phi) is 12.2. The minimum atomic E-state index is -5.42. The molecule has 8 heteroatoms. The summed E-state index contributed by atoms with van der Waals surface area (Å²) in [6.07, 6.45) is 3.30. The molecule has 0 saturated heterocycles. The number of rotatable bonds is 14. The van der Waals surface area contributed by atoms with Crippen molar-refractivity contribution in [1.82, 2.24) is 0 Å². The number of unbranched alkanes of at least 4 members (excludes halogenated alkanes) is 10. The summed E-state index contributed by atoms with van der Waals surface area (Å²) in [5, 5.41) is 0. The zero-order chi connectivity index (χ0) is 18.7. The molecular weight excluding hydrogens is 386 g/mol. The summed E-state index contributed by atoms with van der Waals surface area (Å²) in [7, 11) is 0. The summed E-state index contributed by atoms with van der Waals surface area (Å²) in [6.45, 7) is -0.0109. The molecule has 146 valence electrons. The molecule has 0 saturated carbocycles. The van der Waals surface area contributed by atoms with E-state index in [0.29, 0.717) is 6.42 Å². The predicted molar refractivity (Wildman–Crippen MR) is 94.5 cm³/mol. The molecule has 0 atom stereocenters. The molecule has 0 rings (SSSR count). The minimum Gasteiger partial charge on any atom is -0.196 e. The molecule has 0 amide bonds. The van der Waals surface area contributed by atoms with Gasteiger partial charge >= 0.3 is 12.1 Å². The quantitative estimate of drug-likeness (QED) is 0.116. The number of alkyl halides is 5. The van der Waals surface area contributed by atoms with Gasteiger partial charge in [0, 0.05) is 6.42 Å². The van der Waals surface area contributed by atoms with Gasteiger partial charge in [0.05, 0.1) is 0 Å². The van der Waals surface area contributed by atoms with E-state index in [0.717, 1.165) is 51.0 Å². The third-order valence-electron chi connectivity index (χ3n) is 4.02. The number of halogens is 7. The normalized spacial score (nSPS) is 13.5. The molecule has 0 aromatic carbocycles. The van der Waals surface area contributed by atoms with E-state index < -0.39 is 25.2 Å². The van der Waals surface area contributed by atoms with E-state index in [4.69, 9.17) is 22.2 Å². The fourth-order valence-corrected chi connectivity index (χ4v) is 4.19. The van der Waals surface area contributed by atoms with Crippen molar-refractivity contribution in [2.24, 2.45) is 0 Å². The van der Waals surface area contributed by atoms with Crippen molar-refractivity contribution in [3.05, 3.63) is 0 Å². The molecule has 0 aromatic rings. The molecule has 0 spiro atoms. The molecule has 0 radical (unpaired) electrons. The smallest absolute Gasteiger partial charge is 0.196 e. The lowest BCUT2D eigenvalue weighted by Gasteiger charge is -2.19. The van der Waals surface area contributed by atoms with Gasteiger partial charge in [-0.05, 0) is 19.0 Å². The molecule has 0 unspecified atom stereocenters. The molecule has 24 heavy (non-hydrogen) atoms. The Morgan fingerprint density at radius 3 is 1.29 bits per heavy atom. The highest BCUT2D eigenvalue weighted by molar-refractivity contribution is 7.44. The Labute approximate surface area is 152 Å². The first-order chi connectivity index (χ1) is 11.0. The molecule has 0 aliphatic carbocycles. The zero-order valence-corrected chi connectivity index (χ0v) is 16.8. The van der Waals surface area contributed by atoms with Gasteiger partial charge in [-0.25, -0.2) is 0 Å². The van der Waals surface area contributed by atoms with Crippen LogP contribution in [0.1, 0.15) is 77.0 Å². The summed E-state index contributed by atoms with van der Waals surface area (Å²) in [6, 6.07) is 0.934. The Bertz CT molecular complexity index is 317. The van der Waals surface area contributed by atoms with Crippen molar-refractivity contribution in [2.75, 3.05) is 0 Å². The van der Waals surface area contributed by atoms with Gasteiger partial charge in [-0.3, -0.25) is 0 Å². The third kappa shape index (κ3) is 13.7. The van der Waals surface area contributed by atoms with Crippen molar-refractivity contribution in [3.63, 3.8) is 0 Å². The van der Waals surface area contributed by atoms with E-state index in [1.54, 1.807) is 0 Å². The van der Waals surface area contributed by atoms with Crippen LogP contribution >= 0.6 is 22.2 Å². The van der Waals surface area contributed by atoms with Crippen molar-refractivity contribution in [3.8, 4) is 0 Å². The second-order valence-corrected chi connectivity index (χ2v) is 14.9. The Hall–Kier alpha value is 0.447. The maximum Gasteiger partial charge on any atom is 0.453 e. The highest BCUT2D eigenvalue weighted by Crippen LogP contribution is 2.39. The van der Waals surface area contributed by atoms with E-state index in [2.05, 4.69) is 0 Å². The molecule has 0 aliphatic rings. The average Bonchev–Trinajstić information content (AvgIpc) is 2.41. The van der Waals surface area contributed by atoms with Gasteiger partial charge < -0.3 is 0 Å². The van der Waals surface area contributed by atoms with E-state index >= 15 is 0 Å². The van der Waals surface area contributed by atoms with Crippen molar-refractivity contribution < 1.29 is 22.0 Å². The molecule has 0 aliphatic heterocycles. The lowest BCUT2D eigenvalue weighted by molar-refractivity contribution is -0.284. The van der Waals surface area contributed by atoms with Crippen LogP contribution in [0.5, 0.6) is 0 Å². The Morgan fingerprint density at radius 1 is 0.625 bits per heavy atom. The van der Waals surface area contributed by atoms with Gasteiger partial charge in [0.25, 0.3) is 0 Å². The second kappa shape index (κ2) is 11.9. The first-order valence-electron chi connectivity index (χ1n) is 8.78. The molecular formula is C16H29Cl2F5Si. The summed E-state index contributed by atoms with van der Waals surface area (Å²) in [4.78, 5) is 0. The summed E-state index contributed by atoms with van der Waals surface area (Å²) >= 11 is 12.0. The van der Waals surface area contributed by atoms with Gasteiger partial charge in [-0.1, -0.05) is 64.2 Å². The maximum absolute atomic E-state index is 12.7. The van der Waals surface area contributed by atoms with E-state index in [9.17, 15) is 22.0 Å². The summed E-state index contributed by atoms with van der Waals surface area (Å²) in [5.74, 6) is -4.54. The largest absolute Gasteiger partial charge is 0.453 e. The van der Waals surface area contributed by atoms with Crippen LogP contribution in [0.15, 0.2) is 0 Å². The van der Waals surface area contributed by atoms with Gasteiger partial charge in [0.1, 0.15) is 0 Å². The van der Waals surface area contributed by atoms with Crippen LogP contribution in [0.25, 0.3) is 0 Å². The fourth-order valence-electron chi connectivity index (χ4n) is 2.52. The first kappa shape index (κ1) is 24.4. The van der Waals surface area contributed by atoms with E-state index in [1.165, 1.54) is 12.8 Å². The Morgan fingerprint density at radius 2 is 0.958 bits per heavy atom. The van der Waals surface area contributed by atoms with Gasteiger partial charge in [0.2, 0.25) is 6.69 Å². The molecule has 0 heterocycles. The van der Waals surface area contributed by atoms with Crippen LogP contribution in [0.4, 0.5) is 22.0 Å². The maximum atomic E-state index is 12.7. The lowest BCUT2D eigenvalue weighted by atomic mass is 10.0. The Balaban J connectivity index is 3.32. The molecule has 0 nitrogen and oxygen atoms in total. The molecule has 0 fully saturated rings. The van der Waals surface area contributed by atoms with Gasteiger partial charge in [-0.15, -0.1) is 22.2 Å². The van der Waals surface area contributed by atoms with Gasteiger partial charge in [-0.2, -0.15) is 22.0 Å².